The predicted octanol–water partition coefficient (Wildman–Crippen LogP) is 3.07. The van der Waals surface area contributed by atoms with Gasteiger partial charge >= 0.3 is 0 Å². The molecule has 0 spiro atoms. The molecule has 0 aliphatic heterocycles. The Morgan fingerprint density at radius 1 is 1.39 bits per heavy atom. The fourth-order valence-electron chi connectivity index (χ4n) is 2.56. The van der Waals surface area contributed by atoms with Gasteiger partial charge in [0, 0.05) is 7.11 Å². The molecule has 1 fully saturated rings. The average molecular weight is 315 g/mol. The van der Waals surface area contributed by atoms with Crippen molar-refractivity contribution in [2.24, 2.45) is 0 Å². The van der Waals surface area contributed by atoms with Crippen LogP contribution in [0.2, 0.25) is 0 Å². The number of hydrogen-bond acceptors (Lipinski definition) is 3. The highest BCUT2D eigenvalue weighted by Crippen LogP contribution is 2.40. The van der Waals surface area contributed by atoms with Crippen LogP contribution < -0.4 is 5.56 Å². The zero-order valence-corrected chi connectivity index (χ0v) is 12.6. The van der Waals surface area contributed by atoms with Crippen LogP contribution in [0.15, 0.2) is 9.27 Å². The summed E-state index contributed by atoms with van der Waals surface area (Å²) in [5.41, 5.74) is 0.285. The SMILES string of the molecule is COC1(c2nc(C(C)C)c(Br)c(=O)[nH]2)CCCC1. The highest BCUT2D eigenvalue weighted by atomic mass is 79.9. The van der Waals surface area contributed by atoms with E-state index in [0.29, 0.717) is 10.3 Å². The van der Waals surface area contributed by atoms with E-state index >= 15 is 0 Å². The van der Waals surface area contributed by atoms with Gasteiger partial charge in [0.25, 0.3) is 5.56 Å². The normalized spacial score (nSPS) is 18.5. The Morgan fingerprint density at radius 2 is 2.00 bits per heavy atom. The molecule has 2 rings (SSSR count). The van der Waals surface area contributed by atoms with Crippen molar-refractivity contribution in [2.75, 3.05) is 7.11 Å². The molecule has 0 bridgehead atoms. The van der Waals surface area contributed by atoms with Crippen molar-refractivity contribution in [2.45, 2.75) is 51.0 Å². The predicted molar refractivity (Wildman–Crippen MR) is 73.8 cm³/mol. The average Bonchev–Trinajstić information content (AvgIpc) is 2.82. The molecule has 0 saturated heterocycles. The lowest BCUT2D eigenvalue weighted by Gasteiger charge is -2.27. The van der Waals surface area contributed by atoms with Crippen LogP contribution in [-0.4, -0.2) is 17.1 Å². The van der Waals surface area contributed by atoms with E-state index in [1.165, 1.54) is 0 Å². The number of rotatable bonds is 3. The van der Waals surface area contributed by atoms with Gasteiger partial charge in [0.15, 0.2) is 0 Å². The third-order valence-electron chi connectivity index (χ3n) is 3.67. The Balaban J connectivity index is 2.55. The van der Waals surface area contributed by atoms with Gasteiger partial charge in [-0.2, -0.15) is 0 Å². The molecule has 1 N–H and O–H groups in total. The monoisotopic (exact) mass is 314 g/mol. The highest BCUT2D eigenvalue weighted by Gasteiger charge is 2.38. The van der Waals surface area contributed by atoms with Crippen molar-refractivity contribution in [3.8, 4) is 0 Å². The van der Waals surface area contributed by atoms with Gasteiger partial charge in [-0.1, -0.05) is 13.8 Å². The van der Waals surface area contributed by atoms with E-state index in [-0.39, 0.29) is 11.5 Å². The first kappa shape index (κ1) is 13.7. The minimum Gasteiger partial charge on any atom is -0.370 e. The van der Waals surface area contributed by atoms with Crippen LogP contribution in [0.3, 0.4) is 0 Å². The van der Waals surface area contributed by atoms with Gasteiger partial charge in [-0.15, -0.1) is 0 Å². The number of aromatic nitrogens is 2. The summed E-state index contributed by atoms with van der Waals surface area (Å²) in [5.74, 6) is 0.884. The number of halogens is 1. The van der Waals surface area contributed by atoms with Gasteiger partial charge in [0.1, 0.15) is 15.9 Å². The molecule has 5 heteroatoms. The van der Waals surface area contributed by atoms with Crippen LogP contribution in [0, 0.1) is 0 Å². The molecule has 1 heterocycles. The molecule has 1 saturated carbocycles. The Morgan fingerprint density at radius 3 is 2.50 bits per heavy atom. The first-order valence-electron chi connectivity index (χ1n) is 6.35. The molecular weight excluding hydrogens is 296 g/mol. The lowest BCUT2D eigenvalue weighted by atomic mass is 10.0. The van der Waals surface area contributed by atoms with Gasteiger partial charge in [0.2, 0.25) is 0 Å². The summed E-state index contributed by atoms with van der Waals surface area (Å²) < 4.78 is 6.20. The number of ether oxygens (including phenoxy) is 1. The minimum atomic E-state index is -0.399. The highest BCUT2D eigenvalue weighted by molar-refractivity contribution is 9.10. The van der Waals surface area contributed by atoms with E-state index in [9.17, 15) is 4.79 Å². The Kier molecular flexibility index (Phi) is 3.92. The van der Waals surface area contributed by atoms with Crippen LogP contribution in [0.25, 0.3) is 0 Å². The summed E-state index contributed by atoms with van der Waals surface area (Å²) in [4.78, 5) is 19.5. The maximum absolute atomic E-state index is 12.0. The van der Waals surface area contributed by atoms with Crippen molar-refractivity contribution >= 4 is 15.9 Å². The molecule has 1 aromatic rings. The summed E-state index contributed by atoms with van der Waals surface area (Å²) in [6.45, 7) is 4.06. The maximum Gasteiger partial charge on any atom is 0.265 e. The largest absolute Gasteiger partial charge is 0.370 e. The van der Waals surface area contributed by atoms with Crippen LogP contribution >= 0.6 is 15.9 Å². The van der Waals surface area contributed by atoms with Gasteiger partial charge < -0.3 is 9.72 Å². The lowest BCUT2D eigenvalue weighted by molar-refractivity contribution is -0.0167. The number of H-pyrrole nitrogens is 1. The molecule has 0 unspecified atom stereocenters. The molecule has 1 aliphatic carbocycles. The smallest absolute Gasteiger partial charge is 0.265 e. The number of hydrogen-bond donors (Lipinski definition) is 1. The fraction of sp³-hybridized carbons (Fsp3) is 0.692. The first-order valence-corrected chi connectivity index (χ1v) is 7.15. The van der Waals surface area contributed by atoms with E-state index in [1.54, 1.807) is 7.11 Å². The number of aromatic amines is 1. The molecule has 1 aromatic heterocycles. The van der Waals surface area contributed by atoms with Crippen molar-refractivity contribution in [3.05, 3.63) is 26.3 Å². The summed E-state index contributed by atoms with van der Waals surface area (Å²) in [6, 6.07) is 0. The topological polar surface area (TPSA) is 55.0 Å². The lowest BCUT2D eigenvalue weighted by Crippen LogP contribution is -2.31. The fourth-order valence-corrected chi connectivity index (χ4v) is 3.20. The molecular formula is C13H19BrN2O2. The number of nitrogens with zero attached hydrogens (tertiary/aromatic N) is 1. The van der Waals surface area contributed by atoms with E-state index < -0.39 is 5.60 Å². The second-order valence-corrected chi connectivity index (χ2v) is 5.97. The second-order valence-electron chi connectivity index (χ2n) is 5.17. The number of nitrogens with one attached hydrogen (secondary N) is 1. The molecule has 0 amide bonds. The molecule has 0 radical (unpaired) electrons. The summed E-state index contributed by atoms with van der Waals surface area (Å²) in [5, 5.41) is 0. The van der Waals surface area contributed by atoms with E-state index in [0.717, 1.165) is 31.4 Å². The van der Waals surface area contributed by atoms with Gasteiger partial charge in [-0.25, -0.2) is 4.98 Å². The molecule has 0 atom stereocenters. The molecule has 4 nitrogen and oxygen atoms in total. The van der Waals surface area contributed by atoms with Crippen LogP contribution in [0.5, 0.6) is 0 Å². The molecule has 1 aliphatic rings. The summed E-state index contributed by atoms with van der Waals surface area (Å²) >= 11 is 3.32. The zero-order chi connectivity index (χ0) is 13.3. The van der Waals surface area contributed by atoms with Crippen LogP contribution in [0.4, 0.5) is 0 Å². The van der Waals surface area contributed by atoms with Gasteiger partial charge in [-0.3, -0.25) is 4.79 Å². The van der Waals surface area contributed by atoms with Crippen LogP contribution in [0.1, 0.15) is 57.0 Å². The standard InChI is InChI=1S/C13H19BrN2O2/c1-8(2)10-9(14)11(17)16-12(15-10)13(18-3)6-4-5-7-13/h8H,4-7H2,1-3H3,(H,15,16,17). The van der Waals surface area contributed by atoms with Crippen molar-refractivity contribution < 1.29 is 4.74 Å². The van der Waals surface area contributed by atoms with E-state index in [4.69, 9.17) is 4.74 Å². The second kappa shape index (κ2) is 5.13. The van der Waals surface area contributed by atoms with Crippen molar-refractivity contribution in [3.63, 3.8) is 0 Å². The quantitative estimate of drug-likeness (QED) is 0.932. The van der Waals surface area contributed by atoms with Gasteiger partial charge in [0.05, 0.1) is 5.69 Å². The first-order chi connectivity index (χ1) is 8.50. The minimum absolute atomic E-state index is 0.118. The molecule has 100 valence electrons. The van der Waals surface area contributed by atoms with Gasteiger partial charge in [-0.05, 0) is 47.5 Å². The molecule has 0 aromatic carbocycles. The summed E-state index contributed by atoms with van der Waals surface area (Å²) in [7, 11) is 1.70. The van der Waals surface area contributed by atoms with Crippen LogP contribution in [-0.2, 0) is 10.3 Å². The third-order valence-corrected chi connectivity index (χ3v) is 4.44. The van der Waals surface area contributed by atoms with Crippen molar-refractivity contribution in [1.29, 1.82) is 0 Å². The Labute approximate surface area is 115 Å². The van der Waals surface area contributed by atoms with E-state index in [2.05, 4.69) is 25.9 Å². The summed E-state index contributed by atoms with van der Waals surface area (Å²) in [6.07, 6.45) is 4.08. The Hall–Kier alpha value is -0.680. The molecule has 18 heavy (non-hydrogen) atoms. The Bertz CT molecular complexity index is 490. The maximum atomic E-state index is 12.0. The zero-order valence-electron chi connectivity index (χ0n) is 11.0. The number of methoxy groups -OCH3 is 1. The van der Waals surface area contributed by atoms with E-state index in [1.807, 2.05) is 13.8 Å². The third kappa shape index (κ3) is 2.26. The van der Waals surface area contributed by atoms with Crippen molar-refractivity contribution in [1.82, 2.24) is 9.97 Å².